The van der Waals surface area contributed by atoms with E-state index in [2.05, 4.69) is 10.3 Å². The largest absolute Gasteiger partial charge is 0.508 e. The van der Waals surface area contributed by atoms with Gasteiger partial charge in [0, 0.05) is 29.4 Å². The minimum atomic E-state index is -0.539. The zero-order chi connectivity index (χ0) is 18.8. The van der Waals surface area contributed by atoms with Crippen LogP contribution in [0.4, 0.5) is 17.1 Å². The monoisotopic (exact) mass is 350 g/mol. The first-order chi connectivity index (χ1) is 12.4. The minimum Gasteiger partial charge on any atom is -0.508 e. The number of hydrogen-bond acceptors (Lipinski definition) is 7. The lowest BCUT2D eigenvalue weighted by Gasteiger charge is -2.13. The smallest absolute Gasteiger partial charge is 0.273 e. The number of pyridine rings is 1. The van der Waals surface area contributed by atoms with Gasteiger partial charge in [0.2, 0.25) is 0 Å². The number of benzene rings is 2. The van der Waals surface area contributed by atoms with E-state index in [9.17, 15) is 20.5 Å². The fourth-order valence-corrected chi connectivity index (χ4v) is 2.57. The number of ether oxygens (including phenoxy) is 1. The predicted octanol–water partition coefficient (Wildman–Crippen LogP) is 3.78. The summed E-state index contributed by atoms with van der Waals surface area (Å²) in [7, 11) is 1.39. The lowest BCUT2D eigenvalue weighted by atomic mass is 10.1. The molecule has 3 rings (SSSR count). The summed E-state index contributed by atoms with van der Waals surface area (Å²) in [6.45, 7) is 1.76. The highest BCUT2D eigenvalue weighted by Crippen LogP contribution is 2.37. The molecule has 26 heavy (non-hydrogen) atoms. The number of aryl methyl sites for hydroxylation is 1. The molecule has 0 bridgehead atoms. The van der Waals surface area contributed by atoms with Crippen molar-refractivity contribution in [1.29, 1.82) is 5.26 Å². The van der Waals surface area contributed by atoms with Crippen LogP contribution in [-0.4, -0.2) is 22.1 Å². The number of non-ortho nitro benzene ring substituents is 1. The van der Waals surface area contributed by atoms with Gasteiger partial charge in [-0.25, -0.2) is 0 Å². The Bertz CT molecular complexity index is 1070. The van der Waals surface area contributed by atoms with Gasteiger partial charge in [0.15, 0.2) is 5.75 Å². The molecule has 1 heterocycles. The highest BCUT2D eigenvalue weighted by atomic mass is 16.6. The van der Waals surface area contributed by atoms with Crippen LogP contribution in [0.5, 0.6) is 11.5 Å². The molecule has 0 aliphatic rings. The Morgan fingerprint density at radius 1 is 1.35 bits per heavy atom. The van der Waals surface area contributed by atoms with Gasteiger partial charge in [0.1, 0.15) is 17.3 Å². The maximum Gasteiger partial charge on any atom is 0.273 e. The average Bonchev–Trinajstić information content (AvgIpc) is 2.63. The van der Waals surface area contributed by atoms with Crippen molar-refractivity contribution in [3.63, 3.8) is 0 Å². The van der Waals surface area contributed by atoms with E-state index >= 15 is 0 Å². The molecule has 2 N–H and O–H groups in total. The summed E-state index contributed by atoms with van der Waals surface area (Å²) in [6, 6.07) is 9.60. The van der Waals surface area contributed by atoms with Gasteiger partial charge in [-0.1, -0.05) is 6.07 Å². The number of nitriles is 1. The Labute approximate surface area is 148 Å². The molecule has 0 unspecified atom stereocenters. The van der Waals surface area contributed by atoms with Crippen LogP contribution in [0.2, 0.25) is 0 Å². The van der Waals surface area contributed by atoms with Crippen molar-refractivity contribution in [2.24, 2.45) is 0 Å². The van der Waals surface area contributed by atoms with Gasteiger partial charge >= 0.3 is 0 Å². The molecular weight excluding hydrogens is 336 g/mol. The maximum atomic E-state index is 11.2. The van der Waals surface area contributed by atoms with Crippen molar-refractivity contribution in [3.05, 3.63) is 57.8 Å². The SMILES string of the molecule is COc1cc([N+](=O)[O-])cc2c(Nc3ccc(C)c(O)c3)c(C#N)cnc12. The number of nitrogens with one attached hydrogen (secondary N) is 1. The lowest BCUT2D eigenvalue weighted by molar-refractivity contribution is -0.384. The molecule has 0 amide bonds. The number of methoxy groups -OCH3 is 1. The fourth-order valence-electron chi connectivity index (χ4n) is 2.57. The number of phenolic OH excluding ortho intramolecular Hbond substituents is 1. The highest BCUT2D eigenvalue weighted by Gasteiger charge is 2.18. The molecule has 0 fully saturated rings. The molecule has 8 heteroatoms. The third-order valence-corrected chi connectivity index (χ3v) is 3.95. The zero-order valence-corrected chi connectivity index (χ0v) is 14.0. The van der Waals surface area contributed by atoms with E-state index < -0.39 is 4.92 Å². The molecule has 0 radical (unpaired) electrons. The van der Waals surface area contributed by atoms with Gasteiger partial charge in [-0.05, 0) is 18.6 Å². The molecule has 0 saturated carbocycles. The normalized spacial score (nSPS) is 10.3. The second kappa shape index (κ2) is 6.57. The van der Waals surface area contributed by atoms with E-state index in [1.165, 1.54) is 31.5 Å². The molecule has 8 nitrogen and oxygen atoms in total. The average molecular weight is 350 g/mol. The number of fused-ring (bicyclic) bond motifs is 1. The van der Waals surface area contributed by atoms with Gasteiger partial charge in [0.25, 0.3) is 5.69 Å². The highest BCUT2D eigenvalue weighted by molar-refractivity contribution is 6.00. The molecule has 0 aliphatic heterocycles. The second-order valence-electron chi connectivity index (χ2n) is 5.59. The first kappa shape index (κ1) is 17.0. The molecular formula is C18H14N4O4. The number of aromatic nitrogens is 1. The second-order valence-corrected chi connectivity index (χ2v) is 5.59. The van der Waals surface area contributed by atoms with Crippen molar-refractivity contribution in [2.75, 3.05) is 12.4 Å². The van der Waals surface area contributed by atoms with E-state index in [4.69, 9.17) is 4.74 Å². The molecule has 130 valence electrons. The van der Waals surface area contributed by atoms with Crippen molar-refractivity contribution < 1.29 is 14.8 Å². The number of nitro groups is 1. The van der Waals surface area contributed by atoms with Gasteiger partial charge in [-0.2, -0.15) is 5.26 Å². The van der Waals surface area contributed by atoms with Gasteiger partial charge in [0.05, 0.1) is 29.4 Å². The Balaban J connectivity index is 2.27. The summed E-state index contributed by atoms with van der Waals surface area (Å²) < 4.78 is 5.21. The van der Waals surface area contributed by atoms with E-state index in [1.807, 2.05) is 6.07 Å². The molecule has 1 aromatic heterocycles. The van der Waals surface area contributed by atoms with Gasteiger partial charge in [-0.15, -0.1) is 0 Å². The van der Waals surface area contributed by atoms with Crippen molar-refractivity contribution in [3.8, 4) is 17.6 Å². The number of anilines is 2. The van der Waals surface area contributed by atoms with E-state index in [0.717, 1.165) is 0 Å². The summed E-state index contributed by atoms with van der Waals surface area (Å²) in [5.41, 5.74) is 2.00. The standard InChI is InChI=1S/C18H14N4O4/c1-10-3-4-12(5-15(10)23)21-17-11(8-19)9-20-18-14(17)6-13(22(24)25)7-16(18)26-2/h3-7,9,23H,1-2H3,(H,20,21). The van der Waals surface area contributed by atoms with Crippen LogP contribution in [0.15, 0.2) is 36.5 Å². The number of rotatable bonds is 4. The number of aromatic hydroxyl groups is 1. The molecule has 2 aromatic carbocycles. The molecule has 0 saturated heterocycles. The summed E-state index contributed by atoms with van der Waals surface area (Å²) >= 11 is 0. The predicted molar refractivity (Wildman–Crippen MR) is 95.8 cm³/mol. The number of hydrogen-bond donors (Lipinski definition) is 2. The van der Waals surface area contributed by atoms with Crippen molar-refractivity contribution in [2.45, 2.75) is 6.92 Å². The van der Waals surface area contributed by atoms with Crippen LogP contribution in [0.1, 0.15) is 11.1 Å². The number of nitrogens with zero attached hydrogens (tertiary/aromatic N) is 3. The lowest BCUT2D eigenvalue weighted by Crippen LogP contribution is -1.99. The Kier molecular flexibility index (Phi) is 4.29. The van der Waals surface area contributed by atoms with E-state index in [0.29, 0.717) is 27.8 Å². The Morgan fingerprint density at radius 3 is 2.73 bits per heavy atom. The van der Waals surface area contributed by atoms with Crippen molar-refractivity contribution in [1.82, 2.24) is 4.98 Å². The number of nitro benzene ring substituents is 1. The van der Waals surface area contributed by atoms with Crippen molar-refractivity contribution >= 4 is 28.0 Å². The van der Waals surface area contributed by atoms with Gasteiger partial charge < -0.3 is 15.2 Å². The van der Waals surface area contributed by atoms with Crippen LogP contribution in [0.3, 0.4) is 0 Å². The van der Waals surface area contributed by atoms with E-state index in [1.54, 1.807) is 19.1 Å². The van der Waals surface area contributed by atoms with Crippen LogP contribution < -0.4 is 10.1 Å². The first-order valence-corrected chi connectivity index (χ1v) is 7.56. The van der Waals surface area contributed by atoms with Crippen LogP contribution in [0, 0.1) is 28.4 Å². The summed E-state index contributed by atoms with van der Waals surface area (Å²) in [5.74, 6) is 0.323. The topological polar surface area (TPSA) is 121 Å². The zero-order valence-electron chi connectivity index (χ0n) is 14.0. The number of phenols is 1. The summed E-state index contributed by atoms with van der Waals surface area (Å²) in [5, 5.41) is 34.0. The molecule has 3 aromatic rings. The maximum absolute atomic E-state index is 11.2. The van der Waals surface area contributed by atoms with Crippen LogP contribution >= 0.6 is 0 Å². The quantitative estimate of drug-likeness (QED) is 0.542. The third kappa shape index (κ3) is 2.93. The molecule has 0 spiro atoms. The molecule has 0 aliphatic carbocycles. The van der Waals surface area contributed by atoms with Crippen LogP contribution in [-0.2, 0) is 0 Å². The Hall–Kier alpha value is -3.86. The van der Waals surface area contributed by atoms with Gasteiger partial charge in [-0.3, -0.25) is 15.1 Å². The van der Waals surface area contributed by atoms with E-state index in [-0.39, 0.29) is 22.7 Å². The van der Waals surface area contributed by atoms with Crippen LogP contribution in [0.25, 0.3) is 10.9 Å². The summed E-state index contributed by atoms with van der Waals surface area (Å²) in [4.78, 5) is 14.9. The summed E-state index contributed by atoms with van der Waals surface area (Å²) in [6.07, 6.45) is 1.37. The molecule has 0 atom stereocenters. The fraction of sp³-hybridized carbons (Fsp3) is 0.111. The third-order valence-electron chi connectivity index (χ3n) is 3.95. The first-order valence-electron chi connectivity index (χ1n) is 7.56. The Morgan fingerprint density at radius 2 is 2.12 bits per heavy atom. The minimum absolute atomic E-state index is 0.0930.